The highest BCUT2D eigenvalue weighted by Crippen LogP contribution is 2.32. The number of unbranched alkanes of at least 4 members (excludes halogenated alkanes) is 2. The van der Waals surface area contributed by atoms with Gasteiger partial charge in [-0.15, -0.1) is 0 Å². The lowest BCUT2D eigenvalue weighted by Crippen LogP contribution is -2.66. The number of fused-ring (bicyclic) bond motifs is 13. The molecule has 0 aliphatic carbocycles. The molecule has 12 amide bonds. The maximum atomic E-state index is 16.4. The second-order valence-electron chi connectivity index (χ2n) is 31.8. The lowest BCUT2D eigenvalue weighted by molar-refractivity contribution is -0.870. The Hall–Kier alpha value is -10.4. The summed E-state index contributed by atoms with van der Waals surface area (Å²) in [6, 6.07) is 12.0. The van der Waals surface area contributed by atoms with Crippen molar-refractivity contribution in [2.45, 2.75) is 216 Å². The summed E-state index contributed by atoms with van der Waals surface area (Å²) in [5, 5.41) is 40.2. The second kappa shape index (κ2) is 40.1. The fourth-order valence-corrected chi connectivity index (χ4v) is 15.4. The van der Waals surface area contributed by atoms with Gasteiger partial charge in [-0.2, -0.15) is 0 Å². The number of piperidine rings is 1. The van der Waals surface area contributed by atoms with Crippen LogP contribution >= 0.6 is 0 Å². The Morgan fingerprint density at radius 3 is 2.19 bits per heavy atom. The van der Waals surface area contributed by atoms with Gasteiger partial charge in [-0.25, -0.2) is 4.39 Å². The topological polar surface area (TPSA) is 384 Å². The highest BCUT2D eigenvalue weighted by atomic mass is 19.1. The van der Waals surface area contributed by atoms with Crippen LogP contribution in [0.5, 0.6) is 5.75 Å². The van der Waals surface area contributed by atoms with E-state index in [0.29, 0.717) is 96.1 Å². The molecule has 5 aliphatic rings. The third-order valence-corrected chi connectivity index (χ3v) is 21.9. The van der Waals surface area contributed by atoms with Crippen molar-refractivity contribution in [3.05, 3.63) is 136 Å². The smallest absolute Gasteiger partial charge is 0.246 e. The molecule has 6 heterocycles. The number of hydrogen-bond acceptors (Lipinski definition) is 16. The van der Waals surface area contributed by atoms with Crippen LogP contribution in [-0.2, 0) is 119 Å². The Labute approximate surface area is 664 Å². The molecule has 11 N–H and O–H groups in total. The minimum absolute atomic E-state index is 0.0380. The molecule has 10 atom stereocenters. The zero-order valence-corrected chi connectivity index (χ0v) is 66.4. The van der Waals surface area contributed by atoms with Gasteiger partial charge in [0.15, 0.2) is 0 Å². The van der Waals surface area contributed by atoms with Gasteiger partial charge in [0, 0.05) is 108 Å². The van der Waals surface area contributed by atoms with Crippen LogP contribution in [0.2, 0.25) is 0 Å². The van der Waals surface area contributed by atoms with Crippen molar-refractivity contribution >= 4 is 81.8 Å². The summed E-state index contributed by atoms with van der Waals surface area (Å²) >= 11 is 0. The summed E-state index contributed by atoms with van der Waals surface area (Å²) in [6.07, 6.45) is 2.47. The van der Waals surface area contributed by atoms with Crippen molar-refractivity contribution in [3.8, 4) is 5.75 Å². The number of methoxy groups -OCH3 is 1. The molecule has 0 radical (unpaired) electrons. The lowest BCUT2D eigenvalue weighted by atomic mass is 9.94. The predicted molar refractivity (Wildman–Crippen MR) is 419 cm³/mol. The van der Waals surface area contributed by atoms with Gasteiger partial charge in [0.2, 0.25) is 70.9 Å². The van der Waals surface area contributed by atoms with E-state index in [2.05, 4.69) is 74.3 Å². The van der Waals surface area contributed by atoms with Crippen LogP contribution in [0, 0.1) is 5.82 Å². The molecule has 1 aromatic heterocycles. The van der Waals surface area contributed by atoms with Gasteiger partial charge in [0.05, 0.1) is 53.6 Å². The average molecular weight is 1580 g/mol. The van der Waals surface area contributed by atoms with E-state index in [1.807, 2.05) is 22.8 Å². The molecule has 2 fully saturated rings. The van der Waals surface area contributed by atoms with Crippen LogP contribution in [-0.4, -0.2) is 229 Å². The number of rotatable bonds is 12. The Kier molecular flexibility index (Phi) is 30.3. The number of quaternary nitrogens is 1. The summed E-state index contributed by atoms with van der Waals surface area (Å²) < 4.78 is 36.7. The number of benzene rings is 4. The monoisotopic (exact) mass is 1580 g/mol. The largest absolute Gasteiger partial charge is 0.497 e. The molecule has 114 heavy (non-hydrogen) atoms. The Balaban J connectivity index is 1.09. The van der Waals surface area contributed by atoms with E-state index in [1.54, 1.807) is 67.7 Å². The predicted octanol–water partition coefficient (Wildman–Crippen LogP) is 2.37. The van der Waals surface area contributed by atoms with Crippen molar-refractivity contribution < 1.29 is 85.7 Å². The van der Waals surface area contributed by atoms with E-state index in [-0.39, 0.29) is 97.1 Å². The average Bonchev–Trinajstić information content (AvgIpc) is 1.60. The number of nitrogens with one attached hydrogen (secondary N) is 10. The van der Waals surface area contributed by atoms with Crippen LogP contribution in [0.15, 0.2) is 91.1 Å². The Morgan fingerprint density at radius 1 is 0.667 bits per heavy atom. The van der Waals surface area contributed by atoms with Gasteiger partial charge < -0.3 is 91.3 Å². The minimum atomic E-state index is -1.87. The third kappa shape index (κ3) is 23.6. The first-order valence-electron chi connectivity index (χ1n) is 39.8. The molecular formula is C83H112FN14O16+. The number of aliphatic hydroxyl groups is 1. The van der Waals surface area contributed by atoms with Gasteiger partial charge >= 0.3 is 0 Å². The van der Waals surface area contributed by atoms with E-state index in [1.165, 1.54) is 38.0 Å². The van der Waals surface area contributed by atoms with Crippen molar-refractivity contribution in [2.24, 2.45) is 0 Å². The zero-order valence-electron chi connectivity index (χ0n) is 66.4. The van der Waals surface area contributed by atoms with E-state index >= 15 is 33.2 Å². The first-order valence-corrected chi connectivity index (χ1v) is 39.8. The van der Waals surface area contributed by atoms with Crippen molar-refractivity contribution in [2.75, 3.05) is 74.2 Å². The van der Waals surface area contributed by atoms with Gasteiger partial charge in [-0.1, -0.05) is 54.6 Å². The summed E-state index contributed by atoms with van der Waals surface area (Å²) in [4.78, 5) is 181. The molecule has 4 aromatic carbocycles. The van der Waals surface area contributed by atoms with E-state index < -0.39 is 150 Å². The molecule has 5 aromatic rings. The van der Waals surface area contributed by atoms with Crippen LogP contribution < -0.4 is 57.9 Å². The van der Waals surface area contributed by atoms with Crippen LogP contribution in [0.3, 0.4) is 0 Å². The maximum absolute atomic E-state index is 16.4. The summed E-state index contributed by atoms with van der Waals surface area (Å²) in [5.74, 6) is -9.26. The fraction of sp³-hybridized carbons (Fsp3) is 0.542. The zero-order chi connectivity index (χ0) is 81.8. The van der Waals surface area contributed by atoms with E-state index in [9.17, 15) is 33.9 Å². The Bertz CT molecular complexity index is 4300. The summed E-state index contributed by atoms with van der Waals surface area (Å²) in [7, 11) is 7.69. The number of halogens is 1. The molecule has 31 heteroatoms. The quantitative estimate of drug-likeness (QED) is 0.0631. The van der Waals surface area contributed by atoms with Gasteiger partial charge in [0.1, 0.15) is 66.0 Å². The number of carbonyl (C=O) groups is 12. The minimum Gasteiger partial charge on any atom is -0.497 e. The highest BCUT2D eigenvalue weighted by molar-refractivity contribution is 6.00. The van der Waals surface area contributed by atoms with Crippen LogP contribution in [0.4, 0.5) is 4.39 Å². The van der Waals surface area contributed by atoms with Crippen molar-refractivity contribution in [1.82, 2.24) is 67.5 Å². The van der Waals surface area contributed by atoms with Crippen molar-refractivity contribution in [1.29, 1.82) is 0 Å². The molecular weight excluding hydrogens is 1470 g/mol. The molecule has 0 saturated carbocycles. The standard InChI is InChI=1S/C83H111FN14O16/c1-51-75(104)93-66(47-88-69(100)20-10-8-12-37-98(4,5)6)77(106)90-63-42-55-17-14-18-56(39-55)45-86-72(103)50-114-68-19-15-35-96-74(68)79(108)94-73(52(2)99)78(107)92-64(41-53-22-26-61(112-7)27-23-53)81(110)97-36-16-32-83(97,3)82(111)85-33-31-54-21-24-57(46-87-70(101)29-30-71(102)89-51)59(40-54)49-113-38-13-9-11-34-95-48-58(43-65(80(96)109)91-76(63)105)62-44-60(84)25-28-67(62)95/h14,17-18,21-28,39-40,44,48,51-52,63-66,68,73-74,99H,8-13,15-16,19-20,29-38,41-43,45-47,49-50H2,1-7H3,(H9-,85,86,87,88,89,90,91,92,93,94,100,101,102,103,104,105,106,107,108,111)/p+1/t51-,52+,63-,64-,65-,66+,68-,73-,74?,83-/m0/s1. The fourth-order valence-electron chi connectivity index (χ4n) is 15.4. The number of nitrogens with zero attached hydrogens (tertiary/aromatic N) is 4. The number of aliphatic hydroxyl groups excluding tert-OH is 1. The summed E-state index contributed by atoms with van der Waals surface area (Å²) in [6.45, 7) is 4.83. The molecule has 1 unspecified atom stereocenters. The summed E-state index contributed by atoms with van der Waals surface area (Å²) in [5.41, 5.74) is 3.32. The van der Waals surface area contributed by atoms with Crippen LogP contribution in [0.1, 0.15) is 143 Å². The normalized spacial score (nSPS) is 24.8. The molecule has 10 rings (SSSR count). The molecule has 2 saturated heterocycles. The second-order valence-corrected chi connectivity index (χ2v) is 31.8. The number of hydrogen-bond donors (Lipinski definition) is 11. The van der Waals surface area contributed by atoms with E-state index in [0.717, 1.165) is 39.9 Å². The number of amides is 12. The number of ether oxygens (including phenoxy) is 3. The van der Waals surface area contributed by atoms with Gasteiger partial charge in [0.25, 0.3) is 0 Å². The first-order chi connectivity index (χ1) is 54.5. The number of aryl methyl sites for hydroxylation is 1. The molecule has 0 spiro atoms. The lowest BCUT2D eigenvalue weighted by Gasteiger charge is -2.42. The third-order valence-electron chi connectivity index (χ3n) is 21.9. The molecule has 11 bridgehead atoms. The highest BCUT2D eigenvalue weighted by Gasteiger charge is 2.49. The molecule has 5 aliphatic heterocycles. The number of aromatic nitrogens is 1. The number of carbonyl (C=O) groups excluding carboxylic acids is 12. The molecule has 616 valence electrons. The SMILES string of the molecule is COc1ccc(C[C@@H]2NC(=O)[C@H]([C@@H](C)O)NC(=O)C3[C@@H]4CCCN3C(=O)[C@@H]3Cc5cn(c6ccc(F)cc56)CCCCCOCc5cc(ccc5CNC(=O)CCC(=O)N[C@@H](C)C(=O)N[C@H](CNC(=O)CCCCC[N+](C)(C)C)C(=O)N[C@@H](Cc5cccc(c5)CNC(=O)CO4)C(=O)N3)CCNC(=O)[C@]3(C)CCCN3C2=O)cc1. The van der Waals surface area contributed by atoms with Gasteiger partial charge in [-0.3, -0.25) is 57.5 Å². The van der Waals surface area contributed by atoms with Crippen LogP contribution in [0.25, 0.3) is 10.9 Å². The van der Waals surface area contributed by atoms with Crippen molar-refractivity contribution in [3.63, 3.8) is 0 Å². The van der Waals surface area contributed by atoms with E-state index in [4.69, 9.17) is 14.2 Å². The van der Waals surface area contributed by atoms with Gasteiger partial charge in [-0.05, 0) is 161 Å². The molecule has 30 nitrogen and oxygen atoms in total. The maximum Gasteiger partial charge on any atom is 0.246 e. The Morgan fingerprint density at radius 2 is 1.42 bits per heavy atom. The first kappa shape index (κ1) is 86.0.